The molecule has 1 aromatic heterocycles. The molecule has 1 aromatic rings. The summed E-state index contributed by atoms with van der Waals surface area (Å²) in [6.45, 7) is 7.97. The van der Waals surface area contributed by atoms with Gasteiger partial charge in [0.25, 0.3) is 0 Å². The third-order valence-corrected chi connectivity index (χ3v) is 2.83. The molecule has 2 N–H and O–H groups in total. The summed E-state index contributed by atoms with van der Waals surface area (Å²) in [6, 6.07) is 4.35. The van der Waals surface area contributed by atoms with Crippen molar-refractivity contribution in [3.8, 4) is 0 Å². The highest BCUT2D eigenvalue weighted by Crippen LogP contribution is 2.24. The Bertz CT molecular complexity index is 280. The molecule has 0 spiro atoms. The number of hydrogen-bond acceptors (Lipinski definition) is 2. The number of rotatable bonds is 3. The maximum atomic E-state index is 5.96. The van der Waals surface area contributed by atoms with Crippen LogP contribution >= 0.6 is 23.7 Å². The van der Waals surface area contributed by atoms with Crippen LogP contribution in [0.25, 0.3) is 0 Å². The van der Waals surface area contributed by atoms with E-state index < -0.39 is 0 Å². The molecule has 0 aliphatic rings. The molecule has 13 heavy (non-hydrogen) atoms. The van der Waals surface area contributed by atoms with E-state index in [1.54, 1.807) is 11.3 Å². The van der Waals surface area contributed by atoms with E-state index in [0.717, 1.165) is 12.0 Å². The normalized spacial score (nSPS) is 11.9. The lowest BCUT2D eigenvalue weighted by atomic mass is 10.1. The van der Waals surface area contributed by atoms with Crippen LogP contribution in [0.3, 0.4) is 0 Å². The summed E-state index contributed by atoms with van der Waals surface area (Å²) >= 11 is 1.77. The van der Waals surface area contributed by atoms with Gasteiger partial charge in [-0.25, -0.2) is 0 Å². The second-order valence-corrected chi connectivity index (χ2v) is 4.54. The van der Waals surface area contributed by atoms with Crippen LogP contribution in [0.4, 0.5) is 0 Å². The number of thiophene rings is 1. The minimum Gasteiger partial charge on any atom is -0.323 e. The first-order valence-electron chi connectivity index (χ1n) is 4.06. The van der Waals surface area contributed by atoms with Crippen molar-refractivity contribution < 1.29 is 0 Å². The Morgan fingerprint density at radius 3 is 2.62 bits per heavy atom. The third kappa shape index (κ3) is 3.94. The molecule has 1 rings (SSSR count). The Labute approximate surface area is 90.1 Å². The quantitative estimate of drug-likeness (QED) is 0.772. The van der Waals surface area contributed by atoms with Crippen LogP contribution in [0.2, 0.25) is 0 Å². The van der Waals surface area contributed by atoms with Crippen molar-refractivity contribution in [2.24, 2.45) is 5.73 Å². The van der Waals surface area contributed by atoms with Crippen LogP contribution in [-0.2, 0) is 0 Å². The van der Waals surface area contributed by atoms with Crippen molar-refractivity contribution >= 4 is 23.7 Å². The molecule has 0 fully saturated rings. The molecule has 3 heteroatoms. The van der Waals surface area contributed by atoms with Crippen molar-refractivity contribution in [2.75, 3.05) is 0 Å². The van der Waals surface area contributed by atoms with Crippen molar-refractivity contribution in [1.29, 1.82) is 0 Å². The second kappa shape index (κ2) is 5.43. The number of nitrogens with two attached hydrogens (primary N) is 1. The fourth-order valence-corrected chi connectivity index (χ4v) is 2.01. The van der Waals surface area contributed by atoms with Crippen LogP contribution in [0, 0.1) is 6.92 Å². The summed E-state index contributed by atoms with van der Waals surface area (Å²) in [5.74, 6) is 0. The lowest BCUT2D eigenvalue weighted by Crippen LogP contribution is -2.08. The molecule has 0 aromatic carbocycles. The second-order valence-electron chi connectivity index (χ2n) is 3.22. The van der Waals surface area contributed by atoms with E-state index in [4.69, 9.17) is 5.73 Å². The van der Waals surface area contributed by atoms with E-state index in [9.17, 15) is 0 Å². The molecule has 0 saturated carbocycles. The first-order valence-corrected chi connectivity index (χ1v) is 4.87. The van der Waals surface area contributed by atoms with E-state index >= 15 is 0 Å². The maximum Gasteiger partial charge on any atom is 0.0427 e. The zero-order valence-electron chi connectivity index (χ0n) is 8.04. The topological polar surface area (TPSA) is 26.0 Å². The standard InChI is InChI=1S/C10H15NS.ClH/c1-7(2)6-9(11)10-5-4-8(3)12-10;/h4-5,9H,1,6,11H2,2-3H3;1H/t9-;/m0./s1. The summed E-state index contributed by atoms with van der Waals surface area (Å²) in [4.78, 5) is 2.58. The van der Waals surface area contributed by atoms with Gasteiger partial charge >= 0.3 is 0 Å². The van der Waals surface area contributed by atoms with Crippen LogP contribution in [-0.4, -0.2) is 0 Å². The monoisotopic (exact) mass is 217 g/mol. The van der Waals surface area contributed by atoms with Crippen LogP contribution < -0.4 is 5.73 Å². The summed E-state index contributed by atoms with van der Waals surface area (Å²) in [5, 5.41) is 0. The van der Waals surface area contributed by atoms with Crippen LogP contribution in [0.5, 0.6) is 0 Å². The maximum absolute atomic E-state index is 5.96. The predicted octanol–water partition coefficient (Wildman–Crippen LogP) is 3.44. The molecular weight excluding hydrogens is 202 g/mol. The highest BCUT2D eigenvalue weighted by molar-refractivity contribution is 7.12. The van der Waals surface area contributed by atoms with E-state index in [1.807, 2.05) is 6.92 Å². The Hall–Kier alpha value is -0.310. The minimum atomic E-state index is 0. The molecule has 1 nitrogen and oxygen atoms in total. The minimum absolute atomic E-state index is 0. The lowest BCUT2D eigenvalue weighted by molar-refractivity contribution is 0.731. The van der Waals surface area contributed by atoms with Crippen molar-refractivity contribution in [3.63, 3.8) is 0 Å². The molecule has 0 saturated heterocycles. The fourth-order valence-electron chi connectivity index (χ4n) is 1.13. The van der Waals surface area contributed by atoms with Gasteiger partial charge in [-0.1, -0.05) is 5.57 Å². The van der Waals surface area contributed by atoms with Gasteiger partial charge < -0.3 is 5.73 Å². The van der Waals surface area contributed by atoms with Gasteiger partial charge in [0, 0.05) is 15.8 Å². The highest BCUT2D eigenvalue weighted by Gasteiger charge is 2.07. The van der Waals surface area contributed by atoms with Gasteiger partial charge in [0.1, 0.15) is 0 Å². The average molecular weight is 218 g/mol. The molecule has 0 aliphatic heterocycles. The van der Waals surface area contributed by atoms with E-state index in [2.05, 4.69) is 25.6 Å². The summed E-state index contributed by atoms with van der Waals surface area (Å²) in [6.07, 6.45) is 0.889. The van der Waals surface area contributed by atoms with Crippen molar-refractivity contribution in [3.05, 3.63) is 34.0 Å². The number of halogens is 1. The zero-order chi connectivity index (χ0) is 9.14. The van der Waals surface area contributed by atoms with Gasteiger partial charge in [-0.15, -0.1) is 30.3 Å². The molecule has 0 bridgehead atoms. The van der Waals surface area contributed by atoms with E-state index in [-0.39, 0.29) is 18.4 Å². The lowest BCUT2D eigenvalue weighted by Gasteiger charge is -2.07. The molecule has 0 aliphatic carbocycles. The van der Waals surface area contributed by atoms with Gasteiger partial charge in [0.2, 0.25) is 0 Å². The Morgan fingerprint density at radius 2 is 2.23 bits per heavy atom. The van der Waals surface area contributed by atoms with Crippen molar-refractivity contribution in [1.82, 2.24) is 0 Å². The van der Waals surface area contributed by atoms with Gasteiger partial charge in [-0.3, -0.25) is 0 Å². The molecule has 1 atom stereocenters. The predicted molar refractivity (Wildman–Crippen MR) is 62.7 cm³/mol. The molecule has 1 heterocycles. The first-order chi connectivity index (χ1) is 5.59. The van der Waals surface area contributed by atoms with Crippen LogP contribution in [0.15, 0.2) is 24.3 Å². The smallest absolute Gasteiger partial charge is 0.0427 e. The molecule has 0 radical (unpaired) electrons. The summed E-state index contributed by atoms with van der Waals surface area (Å²) in [7, 11) is 0. The molecule has 74 valence electrons. The van der Waals surface area contributed by atoms with Gasteiger partial charge in [0.05, 0.1) is 0 Å². The largest absolute Gasteiger partial charge is 0.323 e. The van der Waals surface area contributed by atoms with Gasteiger partial charge in [-0.05, 0) is 32.4 Å². The molecule has 0 unspecified atom stereocenters. The van der Waals surface area contributed by atoms with Crippen molar-refractivity contribution in [2.45, 2.75) is 26.3 Å². The Morgan fingerprint density at radius 1 is 1.62 bits per heavy atom. The number of hydrogen-bond donors (Lipinski definition) is 1. The van der Waals surface area contributed by atoms with E-state index in [0.29, 0.717) is 0 Å². The van der Waals surface area contributed by atoms with Gasteiger partial charge in [0.15, 0.2) is 0 Å². The Balaban J connectivity index is 0.00000144. The zero-order valence-corrected chi connectivity index (χ0v) is 9.67. The third-order valence-electron chi connectivity index (χ3n) is 1.69. The van der Waals surface area contributed by atoms with Gasteiger partial charge in [-0.2, -0.15) is 0 Å². The summed E-state index contributed by atoms with van der Waals surface area (Å²) < 4.78 is 0. The Kier molecular flexibility index (Phi) is 5.30. The number of aryl methyl sites for hydroxylation is 1. The first kappa shape index (κ1) is 12.7. The van der Waals surface area contributed by atoms with E-state index in [1.165, 1.54) is 9.75 Å². The fraction of sp³-hybridized carbons (Fsp3) is 0.400. The SMILES string of the molecule is C=C(C)C[C@H](N)c1ccc(C)s1.Cl. The summed E-state index contributed by atoms with van der Waals surface area (Å²) in [5.41, 5.74) is 7.11. The molecule has 0 amide bonds. The average Bonchev–Trinajstić information content (AvgIpc) is 2.34. The highest BCUT2D eigenvalue weighted by atomic mass is 35.5. The van der Waals surface area contributed by atoms with Crippen LogP contribution in [0.1, 0.15) is 29.1 Å². The molecular formula is C10H16ClNS.